The van der Waals surface area contributed by atoms with Gasteiger partial charge in [0.25, 0.3) is 5.91 Å². The molecular weight excluding hydrogens is 268 g/mol. The van der Waals surface area contributed by atoms with Crippen LogP contribution < -0.4 is 15.5 Å². The highest BCUT2D eigenvalue weighted by Gasteiger charge is 2.25. The van der Waals surface area contributed by atoms with E-state index < -0.39 is 0 Å². The molecule has 1 aliphatic rings. The molecule has 1 aliphatic heterocycles. The summed E-state index contributed by atoms with van der Waals surface area (Å²) in [4.78, 5) is 29.6. The molecular formula is C15H22N4O2. The van der Waals surface area contributed by atoms with E-state index in [4.69, 9.17) is 0 Å². The van der Waals surface area contributed by atoms with Gasteiger partial charge in [0.15, 0.2) is 0 Å². The normalized spacial score (nSPS) is 17.6. The maximum atomic E-state index is 11.7. The van der Waals surface area contributed by atoms with Crippen LogP contribution in [0.5, 0.6) is 0 Å². The maximum Gasteiger partial charge on any atom is 0.252 e. The van der Waals surface area contributed by atoms with E-state index in [2.05, 4.69) is 20.5 Å². The second-order valence-electron chi connectivity index (χ2n) is 5.24. The molecule has 1 aromatic rings. The molecule has 2 heterocycles. The molecule has 1 atom stereocenters. The van der Waals surface area contributed by atoms with Gasteiger partial charge < -0.3 is 15.5 Å². The van der Waals surface area contributed by atoms with Gasteiger partial charge in [-0.3, -0.25) is 9.59 Å². The summed E-state index contributed by atoms with van der Waals surface area (Å²) >= 11 is 0. The standard InChI is InChI=1S/C15H22N4O2/c1-3-17-15(21)12-4-5-13(18-9-12)19-7-6-11(10-19)8-14(20)16-2/h4-5,9,11H,3,6-8,10H2,1-2H3,(H,16,20)(H,17,21). The van der Waals surface area contributed by atoms with Crippen LogP contribution in [0, 0.1) is 5.92 Å². The van der Waals surface area contributed by atoms with E-state index in [1.807, 2.05) is 13.0 Å². The van der Waals surface area contributed by atoms with E-state index in [9.17, 15) is 9.59 Å². The number of pyridine rings is 1. The summed E-state index contributed by atoms with van der Waals surface area (Å²) < 4.78 is 0. The summed E-state index contributed by atoms with van der Waals surface area (Å²) in [5, 5.41) is 5.41. The molecule has 1 saturated heterocycles. The Morgan fingerprint density at radius 3 is 2.86 bits per heavy atom. The van der Waals surface area contributed by atoms with Gasteiger partial charge in [-0.1, -0.05) is 0 Å². The van der Waals surface area contributed by atoms with Crippen LogP contribution in [0.15, 0.2) is 18.3 Å². The maximum absolute atomic E-state index is 11.7. The predicted octanol–water partition coefficient (Wildman–Crippen LogP) is 0.794. The van der Waals surface area contributed by atoms with E-state index in [1.54, 1.807) is 19.3 Å². The quantitative estimate of drug-likeness (QED) is 0.841. The predicted molar refractivity (Wildman–Crippen MR) is 81.2 cm³/mol. The Morgan fingerprint density at radius 2 is 2.24 bits per heavy atom. The minimum atomic E-state index is -0.101. The fourth-order valence-corrected chi connectivity index (χ4v) is 2.54. The topological polar surface area (TPSA) is 74.3 Å². The van der Waals surface area contributed by atoms with Gasteiger partial charge in [-0.05, 0) is 31.4 Å². The van der Waals surface area contributed by atoms with Crippen molar-refractivity contribution in [3.8, 4) is 0 Å². The van der Waals surface area contributed by atoms with Gasteiger partial charge in [-0.15, -0.1) is 0 Å². The first kappa shape index (κ1) is 15.3. The lowest BCUT2D eigenvalue weighted by Crippen LogP contribution is -2.25. The molecule has 0 bridgehead atoms. The minimum Gasteiger partial charge on any atom is -0.359 e. The number of nitrogens with zero attached hydrogens (tertiary/aromatic N) is 2. The Kier molecular flexibility index (Phi) is 5.14. The molecule has 114 valence electrons. The van der Waals surface area contributed by atoms with Crippen molar-refractivity contribution in [1.82, 2.24) is 15.6 Å². The Labute approximate surface area is 124 Å². The van der Waals surface area contributed by atoms with Crippen molar-refractivity contribution < 1.29 is 9.59 Å². The monoisotopic (exact) mass is 290 g/mol. The third kappa shape index (κ3) is 3.93. The fourth-order valence-electron chi connectivity index (χ4n) is 2.54. The van der Waals surface area contributed by atoms with Crippen molar-refractivity contribution in [2.45, 2.75) is 19.8 Å². The average molecular weight is 290 g/mol. The molecule has 0 aliphatic carbocycles. The highest BCUT2D eigenvalue weighted by atomic mass is 16.2. The van der Waals surface area contributed by atoms with Crippen molar-refractivity contribution in [2.75, 3.05) is 31.6 Å². The second kappa shape index (κ2) is 7.06. The highest BCUT2D eigenvalue weighted by Crippen LogP contribution is 2.24. The number of carbonyl (C=O) groups is 2. The lowest BCUT2D eigenvalue weighted by atomic mass is 10.1. The molecule has 2 amide bonds. The molecule has 6 nitrogen and oxygen atoms in total. The SMILES string of the molecule is CCNC(=O)c1ccc(N2CCC(CC(=O)NC)C2)nc1. The average Bonchev–Trinajstić information content (AvgIpc) is 2.96. The molecule has 0 aromatic carbocycles. The number of carbonyl (C=O) groups excluding carboxylic acids is 2. The van der Waals surface area contributed by atoms with Gasteiger partial charge in [0.1, 0.15) is 5.82 Å². The van der Waals surface area contributed by atoms with Gasteiger partial charge in [0, 0.05) is 39.3 Å². The van der Waals surface area contributed by atoms with E-state index in [0.717, 1.165) is 25.3 Å². The van der Waals surface area contributed by atoms with Crippen LogP contribution in [0.2, 0.25) is 0 Å². The van der Waals surface area contributed by atoms with Crippen LogP contribution in [0.25, 0.3) is 0 Å². The lowest BCUT2D eigenvalue weighted by Gasteiger charge is -2.17. The first-order valence-electron chi connectivity index (χ1n) is 7.33. The number of nitrogens with one attached hydrogen (secondary N) is 2. The minimum absolute atomic E-state index is 0.0846. The molecule has 1 unspecified atom stereocenters. The smallest absolute Gasteiger partial charge is 0.252 e. The number of hydrogen-bond acceptors (Lipinski definition) is 4. The zero-order valence-electron chi connectivity index (χ0n) is 12.6. The second-order valence-corrected chi connectivity index (χ2v) is 5.24. The van der Waals surface area contributed by atoms with Crippen molar-refractivity contribution in [3.63, 3.8) is 0 Å². The van der Waals surface area contributed by atoms with Crippen LogP contribution in [0.3, 0.4) is 0 Å². The molecule has 21 heavy (non-hydrogen) atoms. The Morgan fingerprint density at radius 1 is 1.43 bits per heavy atom. The van der Waals surface area contributed by atoms with Crippen LogP contribution in [-0.4, -0.2) is 43.5 Å². The Bertz CT molecular complexity index is 501. The van der Waals surface area contributed by atoms with E-state index >= 15 is 0 Å². The number of hydrogen-bond donors (Lipinski definition) is 2. The lowest BCUT2D eigenvalue weighted by molar-refractivity contribution is -0.121. The van der Waals surface area contributed by atoms with Crippen LogP contribution in [0.1, 0.15) is 30.1 Å². The Balaban J connectivity index is 1.94. The fraction of sp³-hybridized carbons (Fsp3) is 0.533. The first-order valence-corrected chi connectivity index (χ1v) is 7.33. The van der Waals surface area contributed by atoms with E-state index in [0.29, 0.717) is 24.4 Å². The van der Waals surface area contributed by atoms with Crippen molar-refractivity contribution in [3.05, 3.63) is 23.9 Å². The van der Waals surface area contributed by atoms with Gasteiger partial charge in [0.05, 0.1) is 5.56 Å². The summed E-state index contributed by atoms with van der Waals surface area (Å²) in [5.74, 6) is 1.22. The number of aromatic nitrogens is 1. The summed E-state index contributed by atoms with van der Waals surface area (Å²) in [5.41, 5.74) is 0.571. The zero-order valence-corrected chi connectivity index (χ0v) is 12.6. The summed E-state index contributed by atoms with van der Waals surface area (Å²) in [6.07, 6.45) is 3.16. The van der Waals surface area contributed by atoms with Gasteiger partial charge >= 0.3 is 0 Å². The van der Waals surface area contributed by atoms with Gasteiger partial charge in [-0.2, -0.15) is 0 Å². The van der Waals surface area contributed by atoms with Gasteiger partial charge in [-0.25, -0.2) is 4.98 Å². The molecule has 1 fully saturated rings. The largest absolute Gasteiger partial charge is 0.359 e. The van der Waals surface area contributed by atoms with Crippen LogP contribution in [-0.2, 0) is 4.79 Å². The third-order valence-corrected chi connectivity index (χ3v) is 3.71. The van der Waals surface area contributed by atoms with Crippen molar-refractivity contribution in [1.29, 1.82) is 0 Å². The summed E-state index contributed by atoms with van der Waals surface area (Å²) in [7, 11) is 1.66. The zero-order chi connectivity index (χ0) is 15.2. The first-order chi connectivity index (χ1) is 10.1. The summed E-state index contributed by atoms with van der Waals surface area (Å²) in [6, 6.07) is 3.66. The molecule has 2 N–H and O–H groups in total. The van der Waals surface area contributed by atoms with E-state index in [-0.39, 0.29) is 11.8 Å². The third-order valence-electron chi connectivity index (χ3n) is 3.71. The highest BCUT2D eigenvalue weighted by molar-refractivity contribution is 5.94. The van der Waals surface area contributed by atoms with E-state index in [1.165, 1.54) is 0 Å². The number of rotatable bonds is 5. The number of anilines is 1. The molecule has 2 rings (SSSR count). The van der Waals surface area contributed by atoms with Gasteiger partial charge in [0.2, 0.25) is 5.91 Å². The number of amides is 2. The molecule has 1 aromatic heterocycles. The van der Waals surface area contributed by atoms with Crippen molar-refractivity contribution in [2.24, 2.45) is 5.92 Å². The molecule has 6 heteroatoms. The van der Waals surface area contributed by atoms with Crippen LogP contribution in [0.4, 0.5) is 5.82 Å². The van der Waals surface area contributed by atoms with Crippen molar-refractivity contribution >= 4 is 17.6 Å². The summed E-state index contributed by atoms with van der Waals surface area (Å²) in [6.45, 7) is 4.22. The molecule has 0 spiro atoms. The van der Waals surface area contributed by atoms with Crippen LogP contribution >= 0.6 is 0 Å². The molecule has 0 saturated carbocycles. The Hall–Kier alpha value is -2.11. The molecule has 0 radical (unpaired) electrons.